The largest absolute Gasteiger partial charge is 0.490 e. The van der Waals surface area contributed by atoms with Gasteiger partial charge in [0.1, 0.15) is 0 Å². The van der Waals surface area contributed by atoms with Crippen molar-refractivity contribution in [2.24, 2.45) is 5.84 Å². The van der Waals surface area contributed by atoms with E-state index >= 15 is 0 Å². The van der Waals surface area contributed by atoms with E-state index in [-0.39, 0.29) is 0 Å². The second kappa shape index (κ2) is 4.27. The van der Waals surface area contributed by atoms with Crippen molar-refractivity contribution in [1.82, 2.24) is 5.43 Å². The number of nitrogens with two attached hydrogens (primary N) is 1. The molecule has 72 valence electrons. The average Bonchev–Trinajstić information content (AvgIpc) is 2.67. The summed E-state index contributed by atoms with van der Waals surface area (Å²) >= 11 is 0. The Kier molecular flexibility index (Phi) is 3.98. The van der Waals surface area contributed by atoms with Crippen LogP contribution in [-0.4, -0.2) is 23.3 Å². The van der Waals surface area contributed by atoms with E-state index in [0.29, 0.717) is 6.04 Å². The Labute approximate surface area is 66.5 Å². The molecule has 0 saturated heterocycles. The zero-order chi connectivity index (χ0) is 9.78. The fourth-order valence-electron chi connectivity index (χ4n) is 0.250. The summed E-state index contributed by atoms with van der Waals surface area (Å²) in [5.74, 6) is 2.23. The molecule has 0 amide bonds. The third-order valence-electron chi connectivity index (χ3n) is 1.06. The number of hydrogen-bond donors (Lipinski definition) is 3. The molecule has 0 spiro atoms. The standard InChI is InChI=1S/C3H8N2.C2HF3O2/c4-5-3-1-2-3;3-2(4,5)1(6)7/h3,5H,1-2,4H2;(H,6,7). The van der Waals surface area contributed by atoms with Crippen LogP contribution >= 0.6 is 0 Å². The van der Waals surface area contributed by atoms with Gasteiger partial charge in [-0.15, -0.1) is 0 Å². The molecule has 7 heteroatoms. The van der Waals surface area contributed by atoms with Crippen LogP contribution in [0.25, 0.3) is 0 Å². The molecule has 0 heterocycles. The number of halogens is 3. The van der Waals surface area contributed by atoms with Crippen molar-refractivity contribution < 1.29 is 23.1 Å². The van der Waals surface area contributed by atoms with Crippen LogP contribution in [0.4, 0.5) is 13.2 Å². The lowest BCUT2D eigenvalue weighted by Crippen LogP contribution is -2.23. The fourth-order valence-corrected chi connectivity index (χ4v) is 0.250. The molecule has 12 heavy (non-hydrogen) atoms. The molecule has 0 radical (unpaired) electrons. The minimum atomic E-state index is -5.08. The van der Waals surface area contributed by atoms with Gasteiger partial charge in [-0.3, -0.25) is 11.3 Å². The van der Waals surface area contributed by atoms with Gasteiger partial charge < -0.3 is 5.11 Å². The molecule has 0 aromatic rings. The number of hydrogen-bond acceptors (Lipinski definition) is 3. The molecule has 0 bridgehead atoms. The minimum absolute atomic E-state index is 0.662. The van der Waals surface area contributed by atoms with Crippen LogP contribution in [0.2, 0.25) is 0 Å². The van der Waals surface area contributed by atoms with E-state index in [9.17, 15) is 13.2 Å². The van der Waals surface area contributed by atoms with Gasteiger partial charge in [-0.2, -0.15) is 13.2 Å². The zero-order valence-corrected chi connectivity index (χ0v) is 6.06. The molecular formula is C5H9F3N2O2. The van der Waals surface area contributed by atoms with E-state index in [1.165, 1.54) is 12.8 Å². The van der Waals surface area contributed by atoms with E-state index in [4.69, 9.17) is 15.7 Å². The SMILES string of the molecule is NNC1CC1.O=C(O)C(F)(F)F. The second-order valence-electron chi connectivity index (χ2n) is 2.24. The summed E-state index contributed by atoms with van der Waals surface area (Å²) < 4.78 is 31.7. The Hall–Kier alpha value is -0.820. The van der Waals surface area contributed by atoms with Crippen LogP contribution in [0, 0.1) is 0 Å². The van der Waals surface area contributed by atoms with Gasteiger partial charge in [0, 0.05) is 6.04 Å². The first-order chi connectivity index (χ1) is 5.38. The summed E-state index contributed by atoms with van der Waals surface area (Å²) in [4.78, 5) is 8.90. The maximum atomic E-state index is 10.6. The highest BCUT2D eigenvalue weighted by Crippen LogP contribution is 2.16. The topological polar surface area (TPSA) is 75.3 Å². The van der Waals surface area contributed by atoms with Gasteiger partial charge in [0.05, 0.1) is 0 Å². The van der Waals surface area contributed by atoms with Crippen LogP contribution < -0.4 is 11.3 Å². The molecule has 4 nitrogen and oxygen atoms in total. The Morgan fingerprint density at radius 3 is 1.83 bits per heavy atom. The number of hydrazine groups is 1. The van der Waals surface area contributed by atoms with Gasteiger partial charge in [-0.1, -0.05) is 0 Å². The van der Waals surface area contributed by atoms with Gasteiger partial charge >= 0.3 is 12.1 Å². The molecule has 4 N–H and O–H groups in total. The monoisotopic (exact) mass is 186 g/mol. The second-order valence-corrected chi connectivity index (χ2v) is 2.24. The maximum Gasteiger partial charge on any atom is 0.490 e. The first kappa shape index (κ1) is 11.2. The van der Waals surface area contributed by atoms with Crippen molar-refractivity contribution in [2.45, 2.75) is 25.1 Å². The zero-order valence-electron chi connectivity index (χ0n) is 6.06. The highest BCUT2D eigenvalue weighted by Gasteiger charge is 2.38. The quantitative estimate of drug-likeness (QED) is 0.405. The predicted octanol–water partition coefficient (Wildman–Crippen LogP) is 0.245. The smallest absolute Gasteiger partial charge is 0.475 e. The van der Waals surface area contributed by atoms with Gasteiger partial charge in [-0.05, 0) is 12.8 Å². The highest BCUT2D eigenvalue weighted by atomic mass is 19.4. The van der Waals surface area contributed by atoms with Crippen molar-refractivity contribution in [1.29, 1.82) is 0 Å². The first-order valence-electron chi connectivity index (χ1n) is 3.14. The lowest BCUT2D eigenvalue weighted by Gasteiger charge is -1.93. The minimum Gasteiger partial charge on any atom is -0.475 e. The van der Waals surface area contributed by atoms with Crippen molar-refractivity contribution in [3.63, 3.8) is 0 Å². The van der Waals surface area contributed by atoms with Crippen LogP contribution in [0.5, 0.6) is 0 Å². The molecule has 0 aromatic heterocycles. The molecule has 0 unspecified atom stereocenters. The predicted molar refractivity (Wildman–Crippen MR) is 34.0 cm³/mol. The first-order valence-corrected chi connectivity index (χ1v) is 3.14. The summed E-state index contributed by atoms with van der Waals surface area (Å²) in [6.45, 7) is 0. The summed E-state index contributed by atoms with van der Waals surface area (Å²) in [6, 6.07) is 0.662. The summed E-state index contributed by atoms with van der Waals surface area (Å²) in [5.41, 5.74) is 2.64. The molecule has 1 rings (SSSR count). The number of carboxylic acid groups (broad SMARTS) is 1. The summed E-state index contributed by atoms with van der Waals surface area (Å²) in [5, 5.41) is 7.12. The molecule has 0 aliphatic heterocycles. The molecule has 1 saturated carbocycles. The fraction of sp³-hybridized carbons (Fsp3) is 0.800. The van der Waals surface area contributed by atoms with Crippen LogP contribution in [0.1, 0.15) is 12.8 Å². The van der Waals surface area contributed by atoms with Crippen molar-refractivity contribution in [3.05, 3.63) is 0 Å². The lowest BCUT2D eigenvalue weighted by atomic mass is 10.7. The summed E-state index contributed by atoms with van der Waals surface area (Å²) in [6.07, 6.45) is -2.53. The van der Waals surface area contributed by atoms with Crippen molar-refractivity contribution in [3.8, 4) is 0 Å². The molecule has 1 fully saturated rings. The van der Waals surface area contributed by atoms with E-state index in [2.05, 4.69) is 5.43 Å². The van der Waals surface area contributed by atoms with Crippen molar-refractivity contribution in [2.75, 3.05) is 0 Å². The Bertz CT molecular complexity index is 155. The van der Waals surface area contributed by atoms with Crippen LogP contribution in [-0.2, 0) is 4.79 Å². The van der Waals surface area contributed by atoms with E-state index in [0.717, 1.165) is 0 Å². The Balaban J connectivity index is 0.000000211. The van der Waals surface area contributed by atoms with E-state index < -0.39 is 12.1 Å². The van der Waals surface area contributed by atoms with E-state index in [1.54, 1.807) is 0 Å². The van der Waals surface area contributed by atoms with Gasteiger partial charge in [0.15, 0.2) is 0 Å². The van der Waals surface area contributed by atoms with Gasteiger partial charge in [0.25, 0.3) is 0 Å². The number of carbonyl (C=O) groups is 1. The molecule has 1 aliphatic rings. The Morgan fingerprint density at radius 2 is 1.83 bits per heavy atom. The molecular weight excluding hydrogens is 177 g/mol. The number of nitrogens with one attached hydrogen (secondary N) is 1. The number of aliphatic carboxylic acids is 1. The number of carboxylic acids is 1. The van der Waals surface area contributed by atoms with Crippen LogP contribution in [0.3, 0.4) is 0 Å². The lowest BCUT2D eigenvalue weighted by molar-refractivity contribution is -0.192. The molecule has 0 atom stereocenters. The highest BCUT2D eigenvalue weighted by molar-refractivity contribution is 5.73. The third kappa shape index (κ3) is 5.93. The number of alkyl halides is 3. The molecule has 0 aromatic carbocycles. The van der Waals surface area contributed by atoms with Gasteiger partial charge in [-0.25, -0.2) is 4.79 Å². The van der Waals surface area contributed by atoms with Gasteiger partial charge in [0.2, 0.25) is 0 Å². The van der Waals surface area contributed by atoms with Crippen molar-refractivity contribution >= 4 is 5.97 Å². The third-order valence-corrected chi connectivity index (χ3v) is 1.06. The average molecular weight is 186 g/mol. The van der Waals surface area contributed by atoms with E-state index in [1.807, 2.05) is 0 Å². The Morgan fingerprint density at radius 1 is 1.50 bits per heavy atom. The normalized spacial score (nSPS) is 16.3. The van der Waals surface area contributed by atoms with Crippen LogP contribution in [0.15, 0.2) is 0 Å². The summed E-state index contributed by atoms with van der Waals surface area (Å²) in [7, 11) is 0. The number of rotatable bonds is 1. The molecule has 1 aliphatic carbocycles. The maximum absolute atomic E-state index is 10.6.